The Morgan fingerprint density at radius 2 is 1.89 bits per heavy atom. The van der Waals surface area contributed by atoms with E-state index in [-0.39, 0.29) is 5.34 Å². The number of alkyl halides is 2. The van der Waals surface area contributed by atoms with Crippen LogP contribution in [0.15, 0.2) is 0 Å². The van der Waals surface area contributed by atoms with Gasteiger partial charge < -0.3 is 4.74 Å². The highest BCUT2D eigenvalue weighted by atomic mass is 35.5. The molecule has 0 bridgehead atoms. The third-order valence-corrected chi connectivity index (χ3v) is 0.367. The Labute approximate surface area is 69.0 Å². The van der Waals surface area contributed by atoms with Gasteiger partial charge in [0.2, 0.25) is 0 Å². The van der Waals surface area contributed by atoms with E-state index in [0.717, 1.165) is 0 Å². The Kier molecular flexibility index (Phi) is 15.0. The van der Waals surface area contributed by atoms with Crippen LogP contribution in [0, 0.1) is 0 Å². The van der Waals surface area contributed by atoms with Crippen LogP contribution in [-0.2, 0) is 4.74 Å². The molecule has 0 saturated carbocycles. The van der Waals surface area contributed by atoms with Gasteiger partial charge in [0.15, 0.2) is 0 Å². The number of hydrogen-bond acceptors (Lipinski definition) is 2. The van der Waals surface area contributed by atoms with E-state index in [4.69, 9.17) is 34.8 Å². The molecule has 0 spiro atoms. The molecule has 0 aliphatic rings. The van der Waals surface area contributed by atoms with E-state index in [2.05, 4.69) is 4.74 Å². The maximum atomic E-state index is 9.59. The Balaban J connectivity index is 0. The van der Waals surface area contributed by atoms with Crippen LogP contribution in [-0.4, -0.2) is 17.4 Å². The summed E-state index contributed by atoms with van der Waals surface area (Å²) in [6.07, 6.45) is 0. The van der Waals surface area contributed by atoms with Gasteiger partial charge in [0.1, 0.15) is 0 Å². The third-order valence-electron chi connectivity index (χ3n) is 0.258. The van der Waals surface area contributed by atoms with E-state index >= 15 is 0 Å². The topological polar surface area (TPSA) is 26.3 Å². The fourth-order valence-electron chi connectivity index (χ4n) is 0.113. The summed E-state index contributed by atoms with van der Waals surface area (Å²) >= 11 is 14.2. The molecule has 0 aromatic heterocycles. The van der Waals surface area contributed by atoms with Gasteiger partial charge in [0.05, 0.1) is 11.9 Å². The van der Waals surface area contributed by atoms with Gasteiger partial charge >= 0.3 is 5.43 Å². The summed E-state index contributed by atoms with van der Waals surface area (Å²) in [5, 5.41) is 0.194. The standard InChI is InChI=1S/C3H5ClO2.CH2Cl2/c1-2-6-3(4)5;2-1-3/h2H2,1H3;1H2. The average Bonchev–Trinajstić information content (AvgIpc) is 1.67. The third kappa shape index (κ3) is 30.1. The first-order valence-corrected chi connectivity index (χ1v) is 3.57. The second-order valence-corrected chi connectivity index (χ2v) is 1.89. The quantitative estimate of drug-likeness (QED) is 0.473. The van der Waals surface area contributed by atoms with Crippen molar-refractivity contribution in [2.75, 3.05) is 11.9 Å². The summed E-state index contributed by atoms with van der Waals surface area (Å²) in [7, 11) is 0. The summed E-state index contributed by atoms with van der Waals surface area (Å²) < 4.78 is 4.17. The van der Waals surface area contributed by atoms with Gasteiger partial charge in [0.25, 0.3) is 0 Å². The number of hydrogen-bond donors (Lipinski definition) is 0. The van der Waals surface area contributed by atoms with Crippen LogP contribution in [0.2, 0.25) is 0 Å². The SMILES string of the molecule is CCOC(=O)Cl.ClCCl. The molecule has 0 N–H and O–H groups in total. The molecule has 0 saturated heterocycles. The van der Waals surface area contributed by atoms with E-state index in [1.807, 2.05) is 0 Å². The van der Waals surface area contributed by atoms with Gasteiger partial charge in [-0.3, -0.25) is 0 Å². The molecule has 0 aromatic carbocycles. The van der Waals surface area contributed by atoms with Gasteiger partial charge in [-0.1, -0.05) is 0 Å². The van der Waals surface area contributed by atoms with E-state index in [1.165, 1.54) is 0 Å². The lowest BCUT2D eigenvalue weighted by atomic mass is 10.9. The number of carbonyl (C=O) groups excluding carboxylic acids is 1. The van der Waals surface area contributed by atoms with E-state index in [1.54, 1.807) is 6.92 Å². The lowest BCUT2D eigenvalue weighted by Gasteiger charge is -1.86. The molecule has 0 aliphatic carbocycles. The molecule has 0 radical (unpaired) electrons. The van der Waals surface area contributed by atoms with Crippen LogP contribution in [0.3, 0.4) is 0 Å². The van der Waals surface area contributed by atoms with Gasteiger partial charge in [-0.2, -0.15) is 0 Å². The highest BCUT2D eigenvalue weighted by Gasteiger charge is 1.85. The molecule has 0 fully saturated rings. The summed E-state index contributed by atoms with van der Waals surface area (Å²) in [4.78, 5) is 9.59. The van der Waals surface area contributed by atoms with Gasteiger partial charge in [0, 0.05) is 11.6 Å². The normalized spacial score (nSPS) is 7.11. The maximum absolute atomic E-state index is 9.59. The van der Waals surface area contributed by atoms with Crippen LogP contribution < -0.4 is 0 Å². The average molecular weight is 193 g/mol. The monoisotopic (exact) mass is 192 g/mol. The van der Waals surface area contributed by atoms with Crippen molar-refractivity contribution in [2.24, 2.45) is 0 Å². The zero-order chi connectivity index (χ0) is 7.70. The van der Waals surface area contributed by atoms with Crippen molar-refractivity contribution in [3.05, 3.63) is 0 Å². The number of ether oxygens (including phenoxy) is 1. The fourth-order valence-corrected chi connectivity index (χ4v) is 0.223. The molecule has 5 heteroatoms. The van der Waals surface area contributed by atoms with E-state index in [0.29, 0.717) is 6.61 Å². The predicted molar refractivity (Wildman–Crippen MR) is 39.4 cm³/mol. The molecule has 2 nitrogen and oxygen atoms in total. The zero-order valence-corrected chi connectivity index (χ0v) is 7.13. The lowest BCUT2D eigenvalue weighted by Crippen LogP contribution is -1.89. The summed E-state index contributed by atoms with van der Waals surface area (Å²) in [5.74, 6) is 0. The Morgan fingerprint density at radius 1 is 1.56 bits per heavy atom. The molecule has 56 valence electrons. The van der Waals surface area contributed by atoms with Gasteiger partial charge in [-0.25, -0.2) is 4.79 Å². The zero-order valence-electron chi connectivity index (χ0n) is 4.86. The van der Waals surface area contributed by atoms with Crippen LogP contribution in [0.25, 0.3) is 0 Å². The van der Waals surface area contributed by atoms with Crippen molar-refractivity contribution in [1.29, 1.82) is 0 Å². The molecular formula is C4H7Cl3O2. The van der Waals surface area contributed by atoms with Crippen molar-refractivity contribution >= 4 is 40.2 Å². The van der Waals surface area contributed by atoms with Gasteiger partial charge in [-0.05, 0) is 6.92 Å². The first-order valence-electron chi connectivity index (χ1n) is 2.13. The first kappa shape index (κ1) is 12.1. The number of carbonyl (C=O) groups is 1. The Morgan fingerprint density at radius 3 is 1.89 bits per heavy atom. The largest absolute Gasteiger partial charge is 0.454 e. The highest BCUT2D eigenvalue weighted by molar-refractivity contribution is 6.61. The second-order valence-electron chi connectivity index (χ2n) is 0.772. The highest BCUT2D eigenvalue weighted by Crippen LogP contribution is 1.82. The molecule has 9 heavy (non-hydrogen) atoms. The van der Waals surface area contributed by atoms with E-state index in [9.17, 15) is 4.79 Å². The van der Waals surface area contributed by atoms with Crippen molar-refractivity contribution in [1.82, 2.24) is 0 Å². The van der Waals surface area contributed by atoms with Crippen LogP contribution >= 0.6 is 34.8 Å². The summed E-state index contributed by atoms with van der Waals surface area (Å²) in [6, 6.07) is 0. The first-order chi connectivity index (χ1) is 4.18. The van der Waals surface area contributed by atoms with Crippen LogP contribution in [0.1, 0.15) is 6.92 Å². The molecule has 0 amide bonds. The minimum absolute atomic E-state index is 0.194. The lowest BCUT2D eigenvalue weighted by molar-refractivity contribution is 0.180. The fraction of sp³-hybridized carbons (Fsp3) is 0.750. The predicted octanol–water partition coefficient (Wildman–Crippen LogP) is 2.80. The Hall–Kier alpha value is 0.340. The molecule has 0 unspecified atom stereocenters. The summed E-state index contributed by atoms with van der Waals surface area (Å²) in [5.41, 5.74) is -0.738. The minimum Gasteiger partial charge on any atom is -0.454 e. The molecule has 0 aliphatic heterocycles. The molecule has 0 heterocycles. The van der Waals surface area contributed by atoms with Crippen LogP contribution in [0.5, 0.6) is 0 Å². The van der Waals surface area contributed by atoms with Gasteiger partial charge in [-0.15, -0.1) is 23.2 Å². The molecule has 0 rings (SSSR count). The van der Waals surface area contributed by atoms with Crippen molar-refractivity contribution in [3.8, 4) is 0 Å². The Bertz CT molecular complexity index is 66.8. The minimum atomic E-state index is -0.738. The smallest absolute Gasteiger partial charge is 0.403 e. The maximum Gasteiger partial charge on any atom is 0.403 e. The van der Waals surface area contributed by atoms with Crippen molar-refractivity contribution in [3.63, 3.8) is 0 Å². The number of rotatable bonds is 1. The molecular weight excluding hydrogens is 186 g/mol. The van der Waals surface area contributed by atoms with Crippen molar-refractivity contribution < 1.29 is 9.53 Å². The van der Waals surface area contributed by atoms with Crippen LogP contribution in [0.4, 0.5) is 4.79 Å². The second kappa shape index (κ2) is 11.2. The van der Waals surface area contributed by atoms with Crippen molar-refractivity contribution in [2.45, 2.75) is 6.92 Å². The summed E-state index contributed by atoms with van der Waals surface area (Å²) in [6.45, 7) is 2.04. The van der Waals surface area contributed by atoms with E-state index < -0.39 is 5.43 Å². The molecule has 0 atom stereocenters. The number of halogens is 3. The molecule has 0 aromatic rings.